The van der Waals surface area contributed by atoms with Crippen LogP contribution in [0.3, 0.4) is 0 Å². The summed E-state index contributed by atoms with van der Waals surface area (Å²) in [4.78, 5) is 45.8. The molecule has 1 aromatic carbocycles. The van der Waals surface area contributed by atoms with Gasteiger partial charge < -0.3 is 9.84 Å². The summed E-state index contributed by atoms with van der Waals surface area (Å²) in [7, 11) is 2.37. The van der Waals surface area contributed by atoms with Gasteiger partial charge in [-0.3, -0.25) is 29.9 Å². The highest BCUT2D eigenvalue weighted by atomic mass is 16.6. The van der Waals surface area contributed by atoms with Gasteiger partial charge >= 0.3 is 11.7 Å². The third-order valence-corrected chi connectivity index (χ3v) is 3.11. The van der Waals surface area contributed by atoms with Crippen LogP contribution in [0.25, 0.3) is 6.08 Å². The Morgan fingerprint density at radius 1 is 1.35 bits per heavy atom. The Bertz CT molecular complexity index is 769. The van der Waals surface area contributed by atoms with E-state index in [1.54, 1.807) is 0 Å². The lowest BCUT2D eigenvalue weighted by Gasteiger charge is -2.22. The monoisotopic (exact) mass is 321 g/mol. The van der Waals surface area contributed by atoms with Crippen LogP contribution in [-0.2, 0) is 9.59 Å². The number of hydrogen-bond donors (Lipinski definition) is 2. The molecule has 1 aliphatic rings. The van der Waals surface area contributed by atoms with Crippen molar-refractivity contribution in [1.29, 1.82) is 0 Å². The molecule has 0 spiro atoms. The molecule has 1 fully saturated rings. The molecule has 10 nitrogen and oxygen atoms in total. The van der Waals surface area contributed by atoms with Crippen molar-refractivity contribution in [2.45, 2.75) is 0 Å². The van der Waals surface area contributed by atoms with E-state index in [0.29, 0.717) is 4.90 Å². The Hall–Kier alpha value is -3.43. The molecule has 2 rings (SSSR count). The number of hydrogen-bond acceptors (Lipinski definition) is 7. The highest BCUT2D eigenvalue weighted by Crippen LogP contribution is 2.37. The largest absolute Gasteiger partial charge is 0.500 e. The molecule has 1 saturated heterocycles. The molecule has 0 aromatic heterocycles. The summed E-state index contributed by atoms with van der Waals surface area (Å²) in [6.45, 7) is 0. The first kappa shape index (κ1) is 15.9. The second-order valence-corrected chi connectivity index (χ2v) is 4.53. The van der Waals surface area contributed by atoms with Crippen LogP contribution in [0.1, 0.15) is 5.56 Å². The number of imide groups is 2. The standard InChI is InChI=1S/C13H11N3O7/c1-15-12(19)7(11(18)14-13(15)20)3-6-4-8(16(21)22)10(17)9(5-6)23-2/h3-5,17H,1-2H3,(H,14,18,20)/b7-3+. The molecule has 0 atom stereocenters. The van der Waals surface area contributed by atoms with Crippen LogP contribution < -0.4 is 10.1 Å². The van der Waals surface area contributed by atoms with E-state index < -0.39 is 34.2 Å². The molecular formula is C13H11N3O7. The van der Waals surface area contributed by atoms with E-state index in [1.807, 2.05) is 5.32 Å². The number of nitrogens with one attached hydrogen (secondary N) is 1. The van der Waals surface area contributed by atoms with Crippen LogP contribution >= 0.6 is 0 Å². The van der Waals surface area contributed by atoms with E-state index in [9.17, 15) is 29.6 Å². The predicted molar refractivity (Wildman–Crippen MR) is 75.6 cm³/mol. The van der Waals surface area contributed by atoms with Gasteiger partial charge in [-0.05, 0) is 17.7 Å². The van der Waals surface area contributed by atoms with Gasteiger partial charge in [-0.15, -0.1) is 0 Å². The Morgan fingerprint density at radius 2 is 2.00 bits per heavy atom. The van der Waals surface area contributed by atoms with Gasteiger partial charge in [0.1, 0.15) is 5.57 Å². The number of phenolic OH excluding ortho intramolecular Hbond substituents is 1. The highest BCUT2D eigenvalue weighted by molar-refractivity contribution is 6.30. The molecule has 0 aliphatic carbocycles. The molecule has 1 heterocycles. The Morgan fingerprint density at radius 3 is 2.57 bits per heavy atom. The van der Waals surface area contributed by atoms with Gasteiger partial charge in [0.2, 0.25) is 5.75 Å². The number of nitrogens with zero attached hydrogens (tertiary/aromatic N) is 2. The second-order valence-electron chi connectivity index (χ2n) is 4.53. The molecule has 1 aliphatic heterocycles. The number of likely N-dealkylation sites (N-methyl/N-ethyl adjacent to an activating group) is 1. The quantitative estimate of drug-likeness (QED) is 0.355. The molecule has 120 valence electrons. The van der Waals surface area contributed by atoms with E-state index >= 15 is 0 Å². The maximum absolute atomic E-state index is 12.0. The van der Waals surface area contributed by atoms with Crippen molar-refractivity contribution in [3.63, 3.8) is 0 Å². The SMILES string of the molecule is COc1cc(/C=C2\C(=O)NC(=O)N(C)C2=O)cc([N+](=O)[O-])c1O. The first-order valence-corrected chi connectivity index (χ1v) is 6.16. The molecule has 23 heavy (non-hydrogen) atoms. The summed E-state index contributed by atoms with van der Waals surface area (Å²) in [5.74, 6) is -2.65. The maximum Gasteiger partial charge on any atom is 0.331 e. The van der Waals surface area contributed by atoms with E-state index in [4.69, 9.17) is 4.74 Å². The van der Waals surface area contributed by atoms with Crippen molar-refractivity contribution in [2.75, 3.05) is 14.2 Å². The zero-order valence-electron chi connectivity index (χ0n) is 12.0. The highest BCUT2D eigenvalue weighted by Gasteiger charge is 2.33. The molecule has 0 radical (unpaired) electrons. The van der Waals surface area contributed by atoms with Crippen LogP contribution in [-0.4, -0.2) is 46.9 Å². The van der Waals surface area contributed by atoms with Crippen molar-refractivity contribution in [3.8, 4) is 11.5 Å². The number of ether oxygens (including phenoxy) is 1. The molecule has 0 saturated carbocycles. The molecular weight excluding hydrogens is 310 g/mol. The van der Waals surface area contributed by atoms with E-state index in [1.165, 1.54) is 20.2 Å². The number of aromatic hydroxyl groups is 1. The van der Waals surface area contributed by atoms with Crippen LogP contribution in [0.5, 0.6) is 11.5 Å². The van der Waals surface area contributed by atoms with E-state index in [-0.39, 0.29) is 16.9 Å². The number of benzene rings is 1. The Labute approximate surface area is 129 Å². The Balaban J connectivity index is 2.56. The van der Waals surface area contributed by atoms with Crippen molar-refractivity contribution in [3.05, 3.63) is 33.4 Å². The molecule has 4 amide bonds. The average molecular weight is 321 g/mol. The van der Waals surface area contributed by atoms with Crippen LogP contribution in [0.4, 0.5) is 10.5 Å². The lowest BCUT2D eigenvalue weighted by Crippen LogP contribution is -2.52. The van der Waals surface area contributed by atoms with Gasteiger partial charge in [0, 0.05) is 13.1 Å². The second kappa shape index (κ2) is 5.75. The van der Waals surface area contributed by atoms with Crippen molar-refractivity contribution in [1.82, 2.24) is 10.2 Å². The first-order valence-electron chi connectivity index (χ1n) is 6.16. The predicted octanol–water partition coefficient (Wildman–Crippen LogP) is 0.401. The fourth-order valence-corrected chi connectivity index (χ4v) is 1.90. The number of amides is 4. The van der Waals surface area contributed by atoms with Crippen LogP contribution in [0.15, 0.2) is 17.7 Å². The summed E-state index contributed by atoms with van der Waals surface area (Å²) in [6, 6.07) is 1.32. The number of urea groups is 1. The van der Waals surface area contributed by atoms with Gasteiger partial charge in [0.25, 0.3) is 11.8 Å². The lowest BCUT2D eigenvalue weighted by atomic mass is 10.1. The Kier molecular flexibility index (Phi) is 3.99. The van der Waals surface area contributed by atoms with Crippen molar-refractivity contribution >= 4 is 29.6 Å². The normalized spacial score (nSPS) is 16.5. The van der Waals surface area contributed by atoms with Gasteiger partial charge in [-0.1, -0.05) is 0 Å². The zero-order chi connectivity index (χ0) is 17.3. The molecule has 0 unspecified atom stereocenters. The fourth-order valence-electron chi connectivity index (χ4n) is 1.90. The summed E-state index contributed by atoms with van der Waals surface area (Å²) in [5.41, 5.74) is -0.953. The molecule has 0 bridgehead atoms. The minimum atomic E-state index is -0.923. The van der Waals surface area contributed by atoms with E-state index in [2.05, 4.69) is 0 Å². The van der Waals surface area contributed by atoms with Gasteiger partial charge in [-0.25, -0.2) is 4.79 Å². The number of phenols is 1. The number of methoxy groups -OCH3 is 1. The lowest BCUT2D eigenvalue weighted by molar-refractivity contribution is -0.386. The number of nitro benzene ring substituents is 1. The van der Waals surface area contributed by atoms with Crippen LogP contribution in [0.2, 0.25) is 0 Å². The minimum absolute atomic E-state index is 0.0765. The summed E-state index contributed by atoms with van der Waals surface area (Å²) < 4.78 is 4.82. The minimum Gasteiger partial charge on any atom is -0.500 e. The number of nitro groups is 1. The molecule has 2 N–H and O–H groups in total. The number of carbonyl (C=O) groups excluding carboxylic acids is 3. The smallest absolute Gasteiger partial charge is 0.331 e. The third-order valence-electron chi connectivity index (χ3n) is 3.11. The zero-order valence-corrected chi connectivity index (χ0v) is 12.0. The summed E-state index contributed by atoms with van der Waals surface area (Å²) in [5, 5.41) is 22.6. The summed E-state index contributed by atoms with van der Waals surface area (Å²) in [6.07, 6.45) is 1.07. The fraction of sp³-hybridized carbons (Fsp3) is 0.154. The van der Waals surface area contributed by atoms with E-state index in [0.717, 1.165) is 12.1 Å². The third kappa shape index (κ3) is 2.81. The maximum atomic E-state index is 12.0. The number of carbonyl (C=O) groups is 3. The summed E-state index contributed by atoms with van der Waals surface area (Å²) >= 11 is 0. The topological polar surface area (TPSA) is 139 Å². The van der Waals surface area contributed by atoms with Crippen molar-refractivity contribution in [2.24, 2.45) is 0 Å². The van der Waals surface area contributed by atoms with Crippen LogP contribution in [0, 0.1) is 10.1 Å². The van der Waals surface area contributed by atoms with Gasteiger partial charge in [0.15, 0.2) is 5.75 Å². The van der Waals surface area contributed by atoms with Gasteiger partial charge in [0.05, 0.1) is 12.0 Å². The van der Waals surface area contributed by atoms with Crippen molar-refractivity contribution < 1.29 is 29.2 Å². The van der Waals surface area contributed by atoms with Gasteiger partial charge in [-0.2, -0.15) is 0 Å². The molecule has 1 aromatic rings. The molecule has 10 heteroatoms. The first-order chi connectivity index (χ1) is 10.8. The number of barbiturate groups is 1. The average Bonchev–Trinajstić information content (AvgIpc) is 2.50. The number of rotatable bonds is 3.